The van der Waals surface area contributed by atoms with Crippen molar-refractivity contribution in [3.63, 3.8) is 0 Å². The van der Waals surface area contributed by atoms with Gasteiger partial charge in [-0.25, -0.2) is 0 Å². The van der Waals surface area contributed by atoms with E-state index in [2.05, 4.69) is 22.0 Å². The second-order valence-corrected chi connectivity index (χ2v) is 1.08. The molecule has 1 rings (SSSR count). The number of hydrogen-bond acceptors (Lipinski definition) is 0. The van der Waals surface area contributed by atoms with E-state index in [-0.39, 0.29) is 16.5 Å². The number of rotatable bonds is 0. The minimum atomic E-state index is 0. The van der Waals surface area contributed by atoms with Gasteiger partial charge in [-0.15, -0.1) is 0 Å². The van der Waals surface area contributed by atoms with Crippen molar-refractivity contribution >= 4 is 0 Å². The van der Waals surface area contributed by atoms with Gasteiger partial charge in [0, 0.05) is 16.5 Å². The van der Waals surface area contributed by atoms with E-state index in [0.29, 0.717) is 0 Å². The summed E-state index contributed by atoms with van der Waals surface area (Å²) in [6.45, 7) is 0. The summed E-state index contributed by atoms with van der Waals surface area (Å²) in [5.41, 5.74) is 0. The van der Waals surface area contributed by atoms with Gasteiger partial charge >= 0.3 is 19.5 Å². The van der Waals surface area contributed by atoms with Crippen LogP contribution >= 0.6 is 0 Å². The molecule has 0 radical (unpaired) electrons. The van der Waals surface area contributed by atoms with E-state index in [4.69, 9.17) is 3.61 Å². The summed E-state index contributed by atoms with van der Waals surface area (Å²) >= 11 is 2.38. The molecule has 57 valence electrons. The SMILES string of the molecule is [F][Ni].[Ni].[c-]1ccccc1. The summed E-state index contributed by atoms with van der Waals surface area (Å²) in [5, 5.41) is 0. The Kier molecular flexibility index (Phi) is 14.5. The van der Waals surface area contributed by atoms with Gasteiger partial charge in [0.1, 0.15) is 0 Å². The van der Waals surface area contributed by atoms with E-state index in [1.54, 1.807) is 0 Å². The predicted octanol–water partition coefficient (Wildman–Crippen LogP) is 1.90. The molecular weight excluding hydrogens is 208 g/mol. The Balaban J connectivity index is 0. The van der Waals surface area contributed by atoms with Crippen molar-refractivity contribution in [2.75, 3.05) is 0 Å². The average molecular weight is 213 g/mol. The third-order valence-corrected chi connectivity index (χ3v) is 0.607. The molecule has 9 heavy (non-hydrogen) atoms. The first-order chi connectivity index (χ1) is 4.00. The number of halogens is 1. The molecule has 1 aromatic rings. The van der Waals surface area contributed by atoms with Crippen LogP contribution in [0.5, 0.6) is 0 Å². The molecule has 0 aromatic heterocycles. The zero-order chi connectivity index (χ0) is 6.24. The molecule has 0 unspecified atom stereocenters. The monoisotopic (exact) mass is 212 g/mol. The van der Waals surface area contributed by atoms with E-state index >= 15 is 0 Å². The molecule has 0 heterocycles. The molecule has 0 aliphatic rings. The largest absolute Gasteiger partial charge is 0.184 e. The van der Waals surface area contributed by atoms with Crippen molar-refractivity contribution in [3.05, 3.63) is 36.4 Å². The van der Waals surface area contributed by atoms with Crippen LogP contribution in [-0.4, -0.2) is 0 Å². The molecule has 0 nitrogen and oxygen atoms in total. The molecule has 0 saturated heterocycles. The number of hydrogen-bond donors (Lipinski definition) is 0. The minimum absolute atomic E-state index is 0. The third-order valence-electron chi connectivity index (χ3n) is 0.607. The molecule has 0 atom stereocenters. The van der Waals surface area contributed by atoms with Crippen LogP contribution in [0.4, 0.5) is 3.61 Å². The fraction of sp³-hybridized carbons (Fsp3) is 0. The van der Waals surface area contributed by atoms with Crippen LogP contribution in [0.25, 0.3) is 0 Å². The Labute approximate surface area is 72.6 Å². The van der Waals surface area contributed by atoms with Crippen LogP contribution in [0.2, 0.25) is 0 Å². The van der Waals surface area contributed by atoms with Gasteiger partial charge < -0.3 is 0 Å². The molecule has 0 spiro atoms. The molecule has 1 aromatic carbocycles. The molecule has 0 bridgehead atoms. The van der Waals surface area contributed by atoms with Crippen LogP contribution in [0, 0.1) is 6.07 Å². The van der Waals surface area contributed by atoms with Crippen molar-refractivity contribution < 1.29 is 36.0 Å². The van der Waals surface area contributed by atoms with Crippen molar-refractivity contribution in [2.24, 2.45) is 0 Å². The smallest absolute Gasteiger partial charge is 0 e. The van der Waals surface area contributed by atoms with Crippen LogP contribution in [0.15, 0.2) is 30.3 Å². The molecule has 3 heteroatoms. The van der Waals surface area contributed by atoms with E-state index in [9.17, 15) is 0 Å². The van der Waals surface area contributed by atoms with Crippen molar-refractivity contribution in [2.45, 2.75) is 0 Å². The summed E-state index contributed by atoms with van der Waals surface area (Å²) < 4.78 is 9.12. The predicted molar refractivity (Wildman–Crippen MR) is 26.4 cm³/mol. The quantitative estimate of drug-likeness (QED) is 0.456. The van der Waals surface area contributed by atoms with Gasteiger partial charge in [0.15, 0.2) is 0 Å². The van der Waals surface area contributed by atoms with Gasteiger partial charge in [0.05, 0.1) is 0 Å². The molecule has 0 saturated carbocycles. The topological polar surface area (TPSA) is 0 Å². The second-order valence-electron chi connectivity index (χ2n) is 1.08. The normalized spacial score (nSPS) is 6.11. The molecule has 0 N–H and O–H groups in total. The van der Waals surface area contributed by atoms with E-state index in [1.807, 2.05) is 30.3 Å². The van der Waals surface area contributed by atoms with E-state index in [0.717, 1.165) is 0 Å². The summed E-state index contributed by atoms with van der Waals surface area (Å²) in [7, 11) is 0. The molecule has 0 aliphatic heterocycles. The fourth-order valence-electron chi connectivity index (χ4n) is 0.342. The Morgan fingerprint density at radius 2 is 1.44 bits per heavy atom. The Morgan fingerprint density at radius 1 is 1.00 bits per heavy atom. The Morgan fingerprint density at radius 3 is 1.56 bits per heavy atom. The van der Waals surface area contributed by atoms with Crippen molar-refractivity contribution in [1.82, 2.24) is 0 Å². The van der Waals surface area contributed by atoms with Gasteiger partial charge in [-0.3, -0.25) is 0 Å². The maximum Gasteiger partial charge on any atom is 0 e. The van der Waals surface area contributed by atoms with Crippen molar-refractivity contribution in [3.8, 4) is 0 Å². The summed E-state index contributed by atoms with van der Waals surface area (Å²) in [6.07, 6.45) is 0. The van der Waals surface area contributed by atoms with Crippen LogP contribution in [-0.2, 0) is 32.4 Å². The summed E-state index contributed by atoms with van der Waals surface area (Å²) in [5.74, 6) is 0. The molecule has 0 fully saturated rings. The first kappa shape index (κ1) is 11.9. The van der Waals surface area contributed by atoms with Gasteiger partial charge in [-0.1, -0.05) is 0 Å². The van der Waals surface area contributed by atoms with Gasteiger partial charge in [-0.2, -0.15) is 36.4 Å². The van der Waals surface area contributed by atoms with Crippen LogP contribution < -0.4 is 0 Å². The summed E-state index contributed by atoms with van der Waals surface area (Å²) in [4.78, 5) is 0. The first-order valence-corrected chi connectivity index (χ1v) is 2.40. The van der Waals surface area contributed by atoms with E-state index in [1.165, 1.54) is 0 Å². The maximum absolute atomic E-state index is 9.12. The third kappa shape index (κ3) is 8.14. The Hall–Kier alpha value is 0.137. The van der Waals surface area contributed by atoms with Crippen LogP contribution in [0.3, 0.4) is 0 Å². The number of benzene rings is 1. The zero-order valence-electron chi connectivity index (χ0n) is 4.40. The second kappa shape index (κ2) is 11.0. The van der Waals surface area contributed by atoms with Gasteiger partial charge in [0.25, 0.3) is 0 Å². The molecular formula is C6H5FNi2-. The minimum Gasteiger partial charge on any atom is -0.184 e. The van der Waals surface area contributed by atoms with Gasteiger partial charge in [-0.05, 0) is 0 Å². The van der Waals surface area contributed by atoms with Crippen LogP contribution in [0.1, 0.15) is 0 Å². The average Bonchev–Trinajstić information content (AvgIpc) is 1.96. The zero-order valence-corrected chi connectivity index (χ0v) is 6.37. The fourth-order valence-corrected chi connectivity index (χ4v) is 0.342. The van der Waals surface area contributed by atoms with Gasteiger partial charge in [0.2, 0.25) is 0 Å². The molecule has 0 amide bonds. The van der Waals surface area contributed by atoms with E-state index < -0.39 is 0 Å². The summed E-state index contributed by atoms with van der Waals surface area (Å²) in [6, 6.07) is 12.5. The standard InChI is InChI=1S/C6H5.FH.2Ni/c1-2-4-6-5-3-1;;;/h1-5H;1H;;/q-1;;;+1/p-1. The maximum atomic E-state index is 9.12. The van der Waals surface area contributed by atoms with Crippen molar-refractivity contribution in [1.29, 1.82) is 0 Å². The Bertz CT molecular complexity index is 83.0. The first-order valence-electron chi connectivity index (χ1n) is 2.03. The molecule has 0 aliphatic carbocycles.